The summed E-state index contributed by atoms with van der Waals surface area (Å²) in [5.74, 6) is -2.21. The number of halogens is 3. The number of hydrogen-bond donors (Lipinski definition) is 1. The predicted octanol–water partition coefficient (Wildman–Crippen LogP) is 5.67. The molecule has 0 spiro atoms. The Morgan fingerprint density at radius 2 is 1.79 bits per heavy atom. The molecule has 1 aliphatic heterocycles. The first-order valence-electron chi connectivity index (χ1n) is 10.4. The van der Waals surface area contributed by atoms with Crippen molar-refractivity contribution in [2.45, 2.75) is 57.4 Å². The molecule has 7 heteroatoms. The Balaban J connectivity index is 1.53. The molecule has 1 atom stereocenters. The summed E-state index contributed by atoms with van der Waals surface area (Å²) >= 11 is 0. The lowest BCUT2D eigenvalue weighted by Crippen LogP contribution is -2.25. The van der Waals surface area contributed by atoms with Gasteiger partial charge in [0.2, 0.25) is 5.82 Å². The number of anilines is 2. The summed E-state index contributed by atoms with van der Waals surface area (Å²) in [6.07, 6.45) is 7.94. The molecule has 1 aromatic heterocycles. The van der Waals surface area contributed by atoms with Crippen molar-refractivity contribution in [2.24, 2.45) is 5.92 Å². The Morgan fingerprint density at radius 1 is 1.07 bits per heavy atom. The first kappa shape index (κ1) is 20.0. The second-order valence-electron chi connectivity index (χ2n) is 8.25. The van der Waals surface area contributed by atoms with E-state index in [4.69, 9.17) is 0 Å². The van der Waals surface area contributed by atoms with Gasteiger partial charge in [0.15, 0.2) is 11.6 Å². The molecule has 2 aliphatic rings. The van der Waals surface area contributed by atoms with E-state index in [1.807, 2.05) is 4.90 Å². The summed E-state index contributed by atoms with van der Waals surface area (Å²) in [5.41, 5.74) is 0.881. The third-order valence-corrected chi connectivity index (χ3v) is 6.13. The number of alkyl halides is 2. The molecule has 4 nitrogen and oxygen atoms in total. The highest BCUT2D eigenvalue weighted by Gasteiger charge is 2.31. The largest absolute Gasteiger partial charge is 0.367 e. The van der Waals surface area contributed by atoms with Gasteiger partial charge in [-0.1, -0.05) is 37.1 Å². The highest BCUT2D eigenvalue weighted by atomic mass is 19.3. The monoisotopic (exact) mass is 404 g/mol. The molecule has 1 unspecified atom stereocenters. The van der Waals surface area contributed by atoms with Crippen molar-refractivity contribution >= 4 is 11.6 Å². The van der Waals surface area contributed by atoms with Crippen molar-refractivity contribution < 1.29 is 13.2 Å². The highest BCUT2D eigenvalue weighted by molar-refractivity contribution is 5.53. The fourth-order valence-corrected chi connectivity index (χ4v) is 4.50. The average molecular weight is 404 g/mol. The van der Waals surface area contributed by atoms with Gasteiger partial charge >= 0.3 is 0 Å². The number of nitrogens with one attached hydrogen (secondary N) is 1. The number of rotatable bonds is 6. The van der Waals surface area contributed by atoms with Gasteiger partial charge in [0, 0.05) is 25.6 Å². The van der Waals surface area contributed by atoms with E-state index in [0.717, 1.165) is 31.9 Å². The summed E-state index contributed by atoms with van der Waals surface area (Å²) in [5, 5.41) is 3.16. The Kier molecular flexibility index (Phi) is 5.65. The molecule has 4 rings (SSSR count). The van der Waals surface area contributed by atoms with Gasteiger partial charge in [-0.15, -0.1) is 0 Å². The van der Waals surface area contributed by atoms with E-state index in [9.17, 15) is 8.78 Å². The average Bonchev–Trinajstić information content (AvgIpc) is 3.39. The number of nitrogens with zero attached hydrogens (tertiary/aromatic N) is 3. The minimum Gasteiger partial charge on any atom is -0.367 e. The van der Waals surface area contributed by atoms with Crippen LogP contribution in [-0.4, -0.2) is 23.1 Å². The molecule has 0 bridgehead atoms. The van der Waals surface area contributed by atoms with Crippen molar-refractivity contribution in [1.29, 1.82) is 0 Å². The highest BCUT2D eigenvalue weighted by Crippen LogP contribution is 2.38. The quantitative estimate of drug-likeness (QED) is 0.673. The first-order chi connectivity index (χ1) is 13.9. The molecule has 2 heterocycles. The molecule has 2 fully saturated rings. The van der Waals surface area contributed by atoms with Gasteiger partial charge in [0.1, 0.15) is 6.33 Å². The van der Waals surface area contributed by atoms with Gasteiger partial charge in [-0.25, -0.2) is 18.7 Å². The summed E-state index contributed by atoms with van der Waals surface area (Å²) < 4.78 is 42.2. The molecule has 1 aliphatic carbocycles. The maximum Gasteiger partial charge on any atom is 0.270 e. The van der Waals surface area contributed by atoms with E-state index in [-0.39, 0.29) is 23.2 Å². The van der Waals surface area contributed by atoms with E-state index in [2.05, 4.69) is 15.3 Å². The second kappa shape index (κ2) is 8.20. The lowest BCUT2D eigenvalue weighted by Gasteiger charge is -2.27. The van der Waals surface area contributed by atoms with Gasteiger partial charge in [0.25, 0.3) is 5.92 Å². The van der Waals surface area contributed by atoms with Crippen LogP contribution in [-0.2, 0) is 5.92 Å². The second-order valence-corrected chi connectivity index (χ2v) is 8.25. The van der Waals surface area contributed by atoms with Crippen LogP contribution in [0, 0.1) is 11.7 Å². The molecule has 29 heavy (non-hydrogen) atoms. The van der Waals surface area contributed by atoms with Gasteiger partial charge < -0.3 is 10.2 Å². The van der Waals surface area contributed by atoms with E-state index in [0.29, 0.717) is 12.5 Å². The van der Waals surface area contributed by atoms with Crippen LogP contribution in [0.1, 0.15) is 62.6 Å². The predicted molar refractivity (Wildman–Crippen MR) is 108 cm³/mol. The molecule has 1 aromatic carbocycles. The Morgan fingerprint density at radius 3 is 2.48 bits per heavy atom. The van der Waals surface area contributed by atoms with Crippen molar-refractivity contribution in [3.8, 4) is 0 Å². The third kappa shape index (κ3) is 4.33. The van der Waals surface area contributed by atoms with Crippen LogP contribution in [0.15, 0.2) is 30.6 Å². The molecule has 0 radical (unpaired) electrons. The molecule has 156 valence electrons. The van der Waals surface area contributed by atoms with Crippen molar-refractivity contribution in [1.82, 2.24) is 9.97 Å². The van der Waals surface area contributed by atoms with Crippen LogP contribution in [0.25, 0.3) is 0 Å². The van der Waals surface area contributed by atoms with E-state index in [1.165, 1.54) is 44.1 Å². The Labute approximate surface area is 169 Å². The Bertz CT molecular complexity index is 829. The molecular weight excluding hydrogens is 377 g/mol. The van der Waals surface area contributed by atoms with E-state index >= 15 is 4.39 Å². The molecule has 2 aromatic rings. The molecule has 0 amide bonds. The summed E-state index contributed by atoms with van der Waals surface area (Å²) in [6, 6.07) is 6.26. The maximum absolute atomic E-state index is 15.2. The zero-order chi connectivity index (χ0) is 20.4. The van der Waals surface area contributed by atoms with Crippen LogP contribution in [0.5, 0.6) is 0 Å². The topological polar surface area (TPSA) is 41.1 Å². The minimum absolute atomic E-state index is 0.0163. The van der Waals surface area contributed by atoms with Gasteiger partial charge in [0.05, 0.1) is 6.04 Å². The SMILES string of the molecule is CC(F)(F)c1ccc(C2CCCN2c2ncnc(NCC3CCCC3)c2F)cc1. The standard InChI is InChI=1S/C22H27F3N4/c1-22(24,25)17-10-8-16(9-11-17)18-7-4-12-29(18)21-19(23)20(27-14-28-21)26-13-15-5-2-3-6-15/h8-11,14-15,18H,2-7,12-13H2,1H3,(H,26,27,28). The molecule has 1 saturated carbocycles. The summed E-state index contributed by atoms with van der Waals surface area (Å²) in [6.45, 7) is 2.29. The Hall–Kier alpha value is -2.31. The van der Waals surface area contributed by atoms with Gasteiger partial charge in [-0.3, -0.25) is 0 Å². The molecule has 1 N–H and O–H groups in total. The van der Waals surface area contributed by atoms with Crippen LogP contribution < -0.4 is 10.2 Å². The number of hydrogen-bond acceptors (Lipinski definition) is 4. The molecule has 1 saturated heterocycles. The smallest absolute Gasteiger partial charge is 0.270 e. The van der Waals surface area contributed by atoms with Crippen molar-refractivity contribution in [2.75, 3.05) is 23.3 Å². The number of aromatic nitrogens is 2. The van der Waals surface area contributed by atoms with Gasteiger partial charge in [-0.05, 0) is 37.2 Å². The lowest BCUT2D eigenvalue weighted by atomic mass is 10.0. The van der Waals surface area contributed by atoms with Crippen LogP contribution in [0.3, 0.4) is 0 Å². The minimum atomic E-state index is -2.87. The van der Waals surface area contributed by atoms with Crippen molar-refractivity contribution in [3.05, 3.63) is 47.5 Å². The zero-order valence-electron chi connectivity index (χ0n) is 16.7. The maximum atomic E-state index is 15.2. The first-order valence-corrected chi connectivity index (χ1v) is 10.4. The van der Waals surface area contributed by atoms with E-state index < -0.39 is 11.7 Å². The molecular formula is C22H27F3N4. The summed E-state index contributed by atoms with van der Waals surface area (Å²) in [4.78, 5) is 10.2. The van der Waals surface area contributed by atoms with Gasteiger partial charge in [-0.2, -0.15) is 4.39 Å². The van der Waals surface area contributed by atoms with Crippen LogP contribution in [0.2, 0.25) is 0 Å². The van der Waals surface area contributed by atoms with E-state index in [1.54, 1.807) is 12.1 Å². The fourth-order valence-electron chi connectivity index (χ4n) is 4.50. The zero-order valence-corrected chi connectivity index (χ0v) is 16.7. The van der Waals surface area contributed by atoms with Crippen molar-refractivity contribution in [3.63, 3.8) is 0 Å². The third-order valence-electron chi connectivity index (χ3n) is 6.13. The normalized spacial score (nSPS) is 20.4. The lowest BCUT2D eigenvalue weighted by molar-refractivity contribution is 0.0174. The summed E-state index contributed by atoms with van der Waals surface area (Å²) in [7, 11) is 0. The van der Waals surface area contributed by atoms with Crippen LogP contribution in [0.4, 0.5) is 24.8 Å². The van der Waals surface area contributed by atoms with Crippen LogP contribution >= 0.6 is 0 Å². The number of benzene rings is 1. The fraction of sp³-hybridized carbons (Fsp3) is 0.545.